The topological polar surface area (TPSA) is 69.6 Å². The number of ether oxygens (including phenoxy) is 2. The van der Waals surface area contributed by atoms with E-state index >= 15 is 0 Å². The fourth-order valence-corrected chi connectivity index (χ4v) is 3.92. The van der Waals surface area contributed by atoms with E-state index in [0.29, 0.717) is 13.0 Å². The first-order valence-electron chi connectivity index (χ1n) is 9.82. The van der Waals surface area contributed by atoms with Crippen molar-refractivity contribution in [3.63, 3.8) is 0 Å². The summed E-state index contributed by atoms with van der Waals surface area (Å²) in [4.78, 5) is 24.5. The van der Waals surface area contributed by atoms with Crippen molar-refractivity contribution in [1.82, 2.24) is 4.57 Å². The maximum atomic E-state index is 14.4. The maximum Gasteiger partial charge on any atom is 0.417 e. The van der Waals surface area contributed by atoms with E-state index in [9.17, 15) is 40.3 Å². The number of aryl methyl sites for hydroxylation is 1. The lowest BCUT2D eigenvalue weighted by molar-refractivity contribution is -0.272. The van der Waals surface area contributed by atoms with Crippen LogP contribution < -0.4 is 15.6 Å². The van der Waals surface area contributed by atoms with Crippen molar-refractivity contribution >= 4 is 11.6 Å². The van der Waals surface area contributed by atoms with Gasteiger partial charge in [0.1, 0.15) is 6.10 Å². The summed E-state index contributed by atoms with van der Waals surface area (Å²) in [6, 6.07) is 3.59. The molecule has 0 spiro atoms. The number of nitrogens with zero attached hydrogens (tertiary/aromatic N) is 1. The quantitative estimate of drug-likeness (QED) is 0.626. The van der Waals surface area contributed by atoms with Gasteiger partial charge in [-0.25, -0.2) is 4.39 Å². The standard InChI is InChI=1S/C21H19F7N2O4/c1-9-14(11-5-6-12(22)15(23)16(11)33-19(24)25)17(34-20(9,2)21(26,27)28)18(32)29-10-4-7-13(31)30(3)8-10/h4-9,14,17,19H,1-3H3,(H,29,32)/t9-,14-,17+,20+/m1/s1. The molecule has 34 heavy (non-hydrogen) atoms. The molecule has 1 saturated heterocycles. The number of pyridine rings is 1. The molecule has 6 nitrogen and oxygen atoms in total. The maximum absolute atomic E-state index is 14.4. The molecule has 0 radical (unpaired) electrons. The van der Waals surface area contributed by atoms with Gasteiger partial charge in [-0.05, 0) is 19.1 Å². The molecule has 1 fully saturated rings. The van der Waals surface area contributed by atoms with E-state index in [1.807, 2.05) is 0 Å². The van der Waals surface area contributed by atoms with Crippen LogP contribution in [0, 0.1) is 17.6 Å². The Balaban J connectivity index is 2.12. The van der Waals surface area contributed by atoms with E-state index in [-0.39, 0.29) is 5.69 Å². The molecule has 13 heteroatoms. The van der Waals surface area contributed by atoms with Gasteiger partial charge in [-0.15, -0.1) is 0 Å². The molecule has 1 aromatic carbocycles. The third-order valence-corrected chi connectivity index (χ3v) is 5.93. The number of benzene rings is 1. The highest BCUT2D eigenvalue weighted by atomic mass is 19.4. The van der Waals surface area contributed by atoms with Crippen LogP contribution in [0.1, 0.15) is 25.3 Å². The number of hydrogen-bond donors (Lipinski definition) is 1. The summed E-state index contributed by atoms with van der Waals surface area (Å²) < 4.78 is 106. The van der Waals surface area contributed by atoms with Crippen LogP contribution in [-0.4, -0.2) is 35.0 Å². The van der Waals surface area contributed by atoms with Crippen molar-refractivity contribution in [3.8, 4) is 5.75 Å². The van der Waals surface area contributed by atoms with E-state index in [4.69, 9.17) is 4.74 Å². The lowest BCUT2D eigenvalue weighted by Crippen LogP contribution is -2.47. The SMILES string of the molecule is C[C@@H]1[C@H](c2ccc(F)c(F)c2OC(F)F)[C@@H](C(=O)Nc2ccc(=O)n(C)c2)O[C@]1(C)C(F)(F)F. The molecular weight excluding hydrogens is 477 g/mol. The van der Waals surface area contributed by atoms with Crippen LogP contribution in [0.15, 0.2) is 35.3 Å². The first-order chi connectivity index (χ1) is 15.7. The van der Waals surface area contributed by atoms with Crippen LogP contribution in [0.4, 0.5) is 36.4 Å². The lowest BCUT2D eigenvalue weighted by Gasteiger charge is -2.32. The van der Waals surface area contributed by atoms with E-state index in [1.165, 1.54) is 19.3 Å². The smallest absolute Gasteiger partial charge is 0.417 e. The van der Waals surface area contributed by atoms with Crippen molar-refractivity contribution in [2.45, 2.75) is 44.3 Å². The Morgan fingerprint density at radius 2 is 1.85 bits per heavy atom. The summed E-state index contributed by atoms with van der Waals surface area (Å²) in [7, 11) is 1.37. The van der Waals surface area contributed by atoms with Crippen LogP contribution in [0.5, 0.6) is 5.75 Å². The number of rotatable bonds is 5. The molecule has 186 valence electrons. The lowest BCUT2D eigenvalue weighted by atomic mass is 9.77. The number of hydrogen-bond acceptors (Lipinski definition) is 4. The number of halogens is 7. The zero-order valence-electron chi connectivity index (χ0n) is 17.9. The summed E-state index contributed by atoms with van der Waals surface area (Å²) in [5.41, 5.74) is -3.95. The van der Waals surface area contributed by atoms with Crippen molar-refractivity contribution in [1.29, 1.82) is 0 Å². The average Bonchev–Trinajstić information content (AvgIpc) is 3.00. The van der Waals surface area contributed by atoms with Crippen LogP contribution >= 0.6 is 0 Å². The minimum Gasteiger partial charge on any atom is -0.431 e. The van der Waals surface area contributed by atoms with Crippen molar-refractivity contribution < 1.29 is 45.0 Å². The second-order valence-corrected chi connectivity index (χ2v) is 7.97. The molecule has 1 amide bonds. The van der Waals surface area contributed by atoms with Crippen LogP contribution in [0.3, 0.4) is 0 Å². The third kappa shape index (κ3) is 4.48. The van der Waals surface area contributed by atoms with E-state index in [0.717, 1.165) is 23.6 Å². The van der Waals surface area contributed by atoms with Gasteiger partial charge >= 0.3 is 12.8 Å². The predicted octanol–water partition coefficient (Wildman–Crippen LogP) is 4.34. The number of aromatic nitrogens is 1. The Kier molecular flexibility index (Phi) is 6.71. The molecule has 1 aliphatic heterocycles. The first-order valence-corrected chi connectivity index (χ1v) is 9.82. The molecule has 2 aromatic rings. The Morgan fingerprint density at radius 3 is 2.41 bits per heavy atom. The van der Waals surface area contributed by atoms with Crippen molar-refractivity contribution in [2.24, 2.45) is 13.0 Å². The van der Waals surface area contributed by atoms with Gasteiger partial charge in [0.15, 0.2) is 17.2 Å². The molecule has 2 heterocycles. The number of carbonyl (C=O) groups excluding carboxylic acids is 1. The summed E-state index contributed by atoms with van der Waals surface area (Å²) in [6.07, 6.45) is -5.79. The van der Waals surface area contributed by atoms with Gasteiger partial charge in [0.05, 0.1) is 5.69 Å². The fourth-order valence-electron chi connectivity index (χ4n) is 3.92. The highest BCUT2D eigenvalue weighted by molar-refractivity contribution is 5.95. The zero-order chi connectivity index (χ0) is 25.6. The van der Waals surface area contributed by atoms with Crippen LogP contribution in [0.25, 0.3) is 0 Å². The van der Waals surface area contributed by atoms with E-state index in [2.05, 4.69) is 10.1 Å². The van der Waals surface area contributed by atoms with E-state index in [1.54, 1.807) is 0 Å². The minimum absolute atomic E-state index is 0.0251. The van der Waals surface area contributed by atoms with Gasteiger partial charge in [0, 0.05) is 36.7 Å². The number of alkyl halides is 5. The second-order valence-electron chi connectivity index (χ2n) is 7.97. The van der Waals surface area contributed by atoms with Crippen molar-refractivity contribution in [3.05, 3.63) is 58.0 Å². The number of amides is 1. The molecule has 1 aliphatic rings. The largest absolute Gasteiger partial charge is 0.431 e. The summed E-state index contributed by atoms with van der Waals surface area (Å²) in [5, 5.41) is 2.30. The Bertz CT molecular complexity index is 1150. The summed E-state index contributed by atoms with van der Waals surface area (Å²) in [6.45, 7) is -1.91. The number of anilines is 1. The molecule has 1 N–H and O–H groups in total. The summed E-state index contributed by atoms with van der Waals surface area (Å²) in [5.74, 6) is -9.15. The molecule has 1 aromatic heterocycles. The number of carbonyl (C=O) groups is 1. The number of nitrogens with one attached hydrogen (secondary N) is 1. The summed E-state index contributed by atoms with van der Waals surface area (Å²) >= 11 is 0. The molecule has 0 unspecified atom stereocenters. The highest BCUT2D eigenvalue weighted by Gasteiger charge is 2.66. The van der Waals surface area contributed by atoms with Gasteiger partial charge in [-0.2, -0.15) is 26.3 Å². The van der Waals surface area contributed by atoms with Gasteiger partial charge in [-0.1, -0.05) is 13.0 Å². The molecule has 3 rings (SSSR count). The minimum atomic E-state index is -5.02. The molecular formula is C21H19F7N2O4. The van der Waals surface area contributed by atoms with Gasteiger partial charge in [-0.3, -0.25) is 9.59 Å². The second kappa shape index (κ2) is 8.93. The molecule has 0 aliphatic carbocycles. The van der Waals surface area contributed by atoms with Crippen LogP contribution in [0.2, 0.25) is 0 Å². The Morgan fingerprint density at radius 1 is 1.21 bits per heavy atom. The fraction of sp³-hybridized carbons (Fsp3) is 0.429. The Labute approximate surface area is 188 Å². The van der Waals surface area contributed by atoms with Gasteiger partial charge in [0.25, 0.3) is 5.91 Å². The van der Waals surface area contributed by atoms with E-state index < -0.39 is 70.7 Å². The average molecular weight is 496 g/mol. The molecule has 4 atom stereocenters. The van der Waals surface area contributed by atoms with Crippen molar-refractivity contribution in [2.75, 3.05) is 5.32 Å². The Hall–Kier alpha value is -3.09. The predicted molar refractivity (Wildman–Crippen MR) is 105 cm³/mol. The monoisotopic (exact) mass is 496 g/mol. The zero-order valence-corrected chi connectivity index (χ0v) is 17.9. The normalized spacial score (nSPS) is 25.0. The molecule has 0 bridgehead atoms. The third-order valence-electron chi connectivity index (χ3n) is 5.93. The van der Waals surface area contributed by atoms with Crippen LogP contribution in [-0.2, 0) is 16.6 Å². The molecule has 0 saturated carbocycles. The first kappa shape index (κ1) is 25.5. The highest BCUT2D eigenvalue weighted by Crippen LogP contribution is 2.55. The van der Waals surface area contributed by atoms with Gasteiger partial charge < -0.3 is 19.4 Å². The van der Waals surface area contributed by atoms with Gasteiger partial charge in [0.2, 0.25) is 11.4 Å².